The number of esters is 2. The number of aliphatic hydroxyl groups is 1. The fourth-order valence-electron chi connectivity index (χ4n) is 6.66. The molecule has 0 aliphatic rings. The van der Waals surface area contributed by atoms with Crippen molar-refractivity contribution in [2.75, 3.05) is 60.1 Å². The Morgan fingerprint density at radius 3 is 1.20 bits per heavy atom. The number of ether oxygens (including phenoxy) is 2. The highest BCUT2D eigenvalue weighted by Crippen LogP contribution is 2.12. The Morgan fingerprint density at radius 1 is 0.491 bits per heavy atom. The van der Waals surface area contributed by atoms with E-state index in [1.54, 1.807) is 4.90 Å². The topological polar surface area (TPSA) is 93.1 Å². The molecule has 0 atom stereocenters. The van der Waals surface area contributed by atoms with Gasteiger partial charge in [0, 0.05) is 12.8 Å². The van der Waals surface area contributed by atoms with Crippen LogP contribution < -0.4 is 0 Å². The summed E-state index contributed by atoms with van der Waals surface area (Å²) in [5.74, 6) is -0.514. The van der Waals surface area contributed by atoms with E-state index in [2.05, 4.69) is 38.2 Å². The Hall–Kier alpha value is -2.19. The van der Waals surface area contributed by atoms with Crippen molar-refractivity contribution in [2.45, 2.75) is 200 Å². The first-order valence-electron chi connectivity index (χ1n) is 23.1. The van der Waals surface area contributed by atoms with Gasteiger partial charge in [-0.1, -0.05) is 141 Å². The molecule has 0 unspecified atom stereocenters. The number of carbonyl (C=O) groups is 3. The molecule has 0 radical (unpaired) electrons. The molecule has 0 aliphatic carbocycles. The lowest BCUT2D eigenvalue weighted by atomic mass is 10.1. The van der Waals surface area contributed by atoms with E-state index in [-0.39, 0.29) is 50.8 Å². The molecule has 55 heavy (non-hydrogen) atoms. The van der Waals surface area contributed by atoms with Gasteiger partial charge in [-0.05, 0) is 64.2 Å². The van der Waals surface area contributed by atoms with E-state index in [1.807, 2.05) is 14.1 Å². The van der Waals surface area contributed by atoms with Gasteiger partial charge < -0.3 is 24.0 Å². The van der Waals surface area contributed by atoms with Crippen LogP contribution in [0.3, 0.4) is 0 Å². The van der Waals surface area contributed by atoms with Crippen molar-refractivity contribution in [1.82, 2.24) is 4.90 Å². The van der Waals surface area contributed by atoms with Crippen molar-refractivity contribution in [3.63, 3.8) is 0 Å². The fourth-order valence-corrected chi connectivity index (χ4v) is 6.66. The van der Waals surface area contributed by atoms with Crippen LogP contribution in [0.4, 0.5) is 0 Å². The van der Waals surface area contributed by atoms with Crippen molar-refractivity contribution in [3.05, 3.63) is 24.3 Å². The molecule has 0 bridgehead atoms. The average Bonchev–Trinajstić information content (AvgIpc) is 3.16. The normalized spacial score (nSPS) is 11.9. The monoisotopic (exact) mass is 778 g/mol. The minimum atomic E-state index is -0.225. The fraction of sp³-hybridized carbons (Fsp3) is 0.851. The second-order valence-corrected chi connectivity index (χ2v) is 16.3. The number of hydrogen-bond donors (Lipinski definition) is 1. The number of rotatable bonds is 41. The number of carbonyl (C=O) groups excluding carboxylic acids is 3. The molecule has 0 aromatic heterocycles. The number of hydrogen-bond acceptors (Lipinski definition) is 6. The maximum absolute atomic E-state index is 13.2. The number of nitrogens with zero attached hydrogens (tertiary/aromatic N) is 2. The second kappa shape index (κ2) is 40.0. The Labute approximate surface area is 339 Å². The number of aliphatic hydroxyl groups excluding tert-OH is 1. The van der Waals surface area contributed by atoms with Crippen LogP contribution in [0.15, 0.2) is 24.3 Å². The molecule has 0 saturated heterocycles. The molecule has 0 aromatic carbocycles. The maximum atomic E-state index is 13.2. The molecule has 0 rings (SSSR count). The standard InChI is InChI=1S/C47H89N2O6/c1-5-7-9-11-13-15-17-19-21-23-25-27-29-31-33-35-46(52)54-43-38-48(45(51)37-40-49(3,4)41-42-50)39-44-55-47(53)36-34-32-30-28-26-24-22-20-18-16-14-12-10-8-6-2/h19-22,50H,5-18,23-44H2,1-4H3/q+1/b21-19+,22-20+. The Balaban J connectivity index is 4.22. The first-order chi connectivity index (χ1) is 26.8. The van der Waals surface area contributed by atoms with Crippen molar-refractivity contribution < 1.29 is 33.4 Å². The number of amides is 1. The SMILES string of the molecule is CCCCCCCC/C=C/CCCCCCCC(=O)OCCN(CCOC(=O)CCCCCCC/C=C/CCCCCCCC)C(=O)CC[N+](C)(C)CCO. The first kappa shape index (κ1) is 52.8. The number of likely N-dealkylation sites (N-methyl/N-ethyl adjacent to an activating group) is 1. The molecule has 322 valence electrons. The zero-order valence-electron chi connectivity index (χ0n) is 36.6. The van der Waals surface area contributed by atoms with Gasteiger partial charge in [-0.15, -0.1) is 0 Å². The minimum Gasteiger partial charge on any atom is -0.464 e. The highest BCUT2D eigenvalue weighted by atomic mass is 16.5. The van der Waals surface area contributed by atoms with E-state index < -0.39 is 0 Å². The quantitative estimate of drug-likeness (QED) is 0.0288. The van der Waals surface area contributed by atoms with Gasteiger partial charge in [0.15, 0.2) is 0 Å². The Kier molecular flexibility index (Phi) is 38.4. The van der Waals surface area contributed by atoms with Gasteiger partial charge in [-0.2, -0.15) is 0 Å². The van der Waals surface area contributed by atoms with Crippen LogP contribution in [0.2, 0.25) is 0 Å². The molecule has 0 heterocycles. The third-order valence-corrected chi connectivity index (χ3v) is 10.5. The van der Waals surface area contributed by atoms with Crippen molar-refractivity contribution >= 4 is 17.8 Å². The number of unbranched alkanes of at least 4 members (excludes halogenated alkanes) is 22. The molecular weight excluding hydrogens is 689 g/mol. The van der Waals surface area contributed by atoms with Gasteiger partial charge in [0.05, 0.1) is 46.8 Å². The highest BCUT2D eigenvalue weighted by Gasteiger charge is 2.21. The van der Waals surface area contributed by atoms with E-state index in [1.165, 1.54) is 116 Å². The van der Waals surface area contributed by atoms with E-state index in [0.29, 0.717) is 36.8 Å². The second-order valence-electron chi connectivity index (χ2n) is 16.3. The van der Waals surface area contributed by atoms with Gasteiger partial charge in [0.2, 0.25) is 5.91 Å². The summed E-state index contributed by atoms with van der Waals surface area (Å²) in [6.45, 7) is 6.54. The highest BCUT2D eigenvalue weighted by molar-refractivity contribution is 5.76. The third-order valence-electron chi connectivity index (χ3n) is 10.5. The molecule has 0 aliphatic heterocycles. The van der Waals surface area contributed by atoms with Crippen molar-refractivity contribution in [2.24, 2.45) is 0 Å². The Morgan fingerprint density at radius 2 is 0.836 bits per heavy atom. The van der Waals surface area contributed by atoms with Crippen LogP contribution in [0.1, 0.15) is 200 Å². The van der Waals surface area contributed by atoms with E-state index in [4.69, 9.17) is 9.47 Å². The summed E-state index contributed by atoms with van der Waals surface area (Å²) in [4.78, 5) is 39.6. The van der Waals surface area contributed by atoms with Crippen molar-refractivity contribution in [3.8, 4) is 0 Å². The maximum Gasteiger partial charge on any atom is 0.305 e. The molecule has 0 spiro atoms. The van der Waals surface area contributed by atoms with Gasteiger partial charge in [0.25, 0.3) is 0 Å². The van der Waals surface area contributed by atoms with Gasteiger partial charge in [-0.25, -0.2) is 0 Å². The first-order valence-corrected chi connectivity index (χ1v) is 23.1. The lowest BCUT2D eigenvalue weighted by molar-refractivity contribution is -0.890. The van der Waals surface area contributed by atoms with Gasteiger partial charge in [-0.3, -0.25) is 14.4 Å². The summed E-state index contributed by atoms with van der Waals surface area (Å²) in [5, 5.41) is 9.37. The third kappa shape index (κ3) is 38.5. The molecule has 0 aromatic rings. The number of allylic oxidation sites excluding steroid dienone is 4. The molecule has 0 saturated carbocycles. The van der Waals surface area contributed by atoms with Crippen molar-refractivity contribution in [1.29, 1.82) is 0 Å². The minimum absolute atomic E-state index is 0.0597. The zero-order valence-corrected chi connectivity index (χ0v) is 36.6. The van der Waals surface area contributed by atoms with Crippen LogP contribution in [0.25, 0.3) is 0 Å². The molecule has 8 heteroatoms. The molecule has 1 N–H and O–H groups in total. The number of quaternary nitrogens is 1. The molecule has 1 amide bonds. The van der Waals surface area contributed by atoms with Gasteiger partial charge in [0.1, 0.15) is 19.8 Å². The van der Waals surface area contributed by atoms with E-state index in [0.717, 1.165) is 51.4 Å². The Bertz CT molecular complexity index is 892. The predicted octanol–water partition coefficient (Wildman–Crippen LogP) is 11.4. The largest absolute Gasteiger partial charge is 0.464 e. The van der Waals surface area contributed by atoms with Crippen LogP contribution in [0, 0.1) is 0 Å². The molecule has 0 fully saturated rings. The van der Waals surface area contributed by atoms with E-state index in [9.17, 15) is 19.5 Å². The van der Waals surface area contributed by atoms with E-state index >= 15 is 0 Å². The summed E-state index contributed by atoms with van der Waals surface area (Å²) in [6.07, 6.45) is 42.0. The smallest absolute Gasteiger partial charge is 0.305 e. The average molecular weight is 778 g/mol. The summed E-state index contributed by atoms with van der Waals surface area (Å²) < 4.78 is 11.5. The van der Waals surface area contributed by atoms with Crippen LogP contribution in [-0.2, 0) is 23.9 Å². The summed E-state index contributed by atoms with van der Waals surface area (Å²) in [7, 11) is 3.98. The lowest BCUT2D eigenvalue weighted by Gasteiger charge is -2.30. The summed E-state index contributed by atoms with van der Waals surface area (Å²) in [6, 6.07) is 0. The van der Waals surface area contributed by atoms with Crippen LogP contribution in [-0.4, -0.2) is 92.4 Å². The molecular formula is C47H89N2O6+. The van der Waals surface area contributed by atoms with Crippen LogP contribution in [0.5, 0.6) is 0 Å². The predicted molar refractivity (Wildman–Crippen MR) is 231 cm³/mol. The van der Waals surface area contributed by atoms with Gasteiger partial charge >= 0.3 is 11.9 Å². The zero-order chi connectivity index (χ0) is 40.5. The summed E-state index contributed by atoms with van der Waals surface area (Å²) in [5.41, 5.74) is 0. The lowest BCUT2D eigenvalue weighted by Crippen LogP contribution is -2.45. The molecule has 8 nitrogen and oxygen atoms in total. The summed E-state index contributed by atoms with van der Waals surface area (Å²) >= 11 is 0. The van der Waals surface area contributed by atoms with Crippen LogP contribution >= 0.6 is 0 Å².